The van der Waals surface area contributed by atoms with Crippen LogP contribution in [0.1, 0.15) is 15.9 Å². The molecule has 1 amide bonds. The molecule has 0 unspecified atom stereocenters. The summed E-state index contributed by atoms with van der Waals surface area (Å²) in [5, 5.41) is 5.20. The number of alkyl halides is 3. The molecule has 0 saturated heterocycles. The first kappa shape index (κ1) is 23.7. The molecule has 0 bridgehead atoms. The summed E-state index contributed by atoms with van der Waals surface area (Å²) in [5.74, 6) is -1.88. The van der Waals surface area contributed by atoms with Gasteiger partial charge in [-0.15, -0.1) is 0 Å². The molecule has 4 aromatic rings. The van der Waals surface area contributed by atoms with Crippen LogP contribution in [-0.4, -0.2) is 30.4 Å². The smallest absolute Gasteiger partial charge is 0.268 e. The number of benzene rings is 3. The minimum atomic E-state index is -4.50. The summed E-state index contributed by atoms with van der Waals surface area (Å²) in [6, 6.07) is 12.3. The van der Waals surface area contributed by atoms with Crippen LogP contribution < -0.4 is 4.72 Å². The Bertz CT molecular complexity index is 1530. The third kappa shape index (κ3) is 4.75. The number of hydrogen-bond donors (Lipinski definition) is 1. The van der Waals surface area contributed by atoms with Crippen LogP contribution in [0.3, 0.4) is 0 Å². The van der Waals surface area contributed by atoms with Crippen LogP contribution in [0.15, 0.2) is 60.7 Å². The van der Waals surface area contributed by atoms with Crippen LogP contribution in [0.5, 0.6) is 0 Å². The van der Waals surface area contributed by atoms with Crippen molar-refractivity contribution in [2.24, 2.45) is 0 Å². The molecule has 0 saturated carbocycles. The fourth-order valence-corrected chi connectivity index (χ4v) is 3.98. The Balaban J connectivity index is 1.83. The standard InChI is InChI=1S/C22H14ClF4N3O3S/c1-34(32,33)29-21(31)13-4-8-19(17(24)10-13)30-18-9-7-15(23)11-16(18)20(28-30)12-2-5-14(6-3-12)22(25,26)27/h2-11H,1H3,(H,29,31). The summed E-state index contributed by atoms with van der Waals surface area (Å²) >= 11 is 6.10. The lowest BCUT2D eigenvalue weighted by atomic mass is 10.1. The molecule has 0 aliphatic heterocycles. The number of hydrogen-bond acceptors (Lipinski definition) is 4. The fraction of sp³-hybridized carbons (Fsp3) is 0.0909. The highest BCUT2D eigenvalue weighted by Gasteiger charge is 2.30. The van der Waals surface area contributed by atoms with Gasteiger partial charge >= 0.3 is 6.18 Å². The van der Waals surface area contributed by atoms with Crippen molar-refractivity contribution in [3.8, 4) is 16.9 Å². The maximum Gasteiger partial charge on any atom is 0.416 e. The predicted octanol–water partition coefficient (Wildman–Crippen LogP) is 5.19. The van der Waals surface area contributed by atoms with Gasteiger partial charge in [0.25, 0.3) is 5.91 Å². The molecule has 12 heteroatoms. The Hall–Kier alpha value is -3.44. The second-order valence-electron chi connectivity index (χ2n) is 7.37. The quantitative estimate of drug-likeness (QED) is 0.382. The number of carbonyl (C=O) groups excluding carboxylic acids is 1. The predicted molar refractivity (Wildman–Crippen MR) is 119 cm³/mol. The van der Waals surface area contributed by atoms with E-state index in [1.807, 2.05) is 0 Å². The van der Waals surface area contributed by atoms with E-state index < -0.39 is 33.5 Å². The molecule has 0 aliphatic rings. The SMILES string of the molecule is CS(=O)(=O)NC(=O)c1ccc(-n2nc(-c3ccc(C(F)(F)F)cc3)c3cc(Cl)ccc32)c(F)c1. The van der Waals surface area contributed by atoms with Crippen molar-refractivity contribution in [1.29, 1.82) is 0 Å². The molecule has 0 fully saturated rings. The summed E-state index contributed by atoms with van der Waals surface area (Å²) in [6.45, 7) is 0. The second-order valence-corrected chi connectivity index (χ2v) is 9.55. The zero-order valence-corrected chi connectivity index (χ0v) is 18.8. The molecule has 0 atom stereocenters. The van der Waals surface area contributed by atoms with Gasteiger partial charge in [0.05, 0.1) is 17.3 Å². The molecule has 0 spiro atoms. The zero-order valence-electron chi connectivity index (χ0n) is 17.2. The second kappa shape index (κ2) is 8.41. The Labute approximate surface area is 195 Å². The van der Waals surface area contributed by atoms with Crippen molar-refractivity contribution < 1.29 is 30.8 Å². The van der Waals surface area contributed by atoms with E-state index in [4.69, 9.17) is 11.6 Å². The van der Waals surface area contributed by atoms with E-state index in [1.54, 1.807) is 22.9 Å². The lowest BCUT2D eigenvalue weighted by molar-refractivity contribution is -0.137. The van der Waals surface area contributed by atoms with Gasteiger partial charge in [0, 0.05) is 21.5 Å². The average molecular weight is 512 g/mol. The molecule has 1 N–H and O–H groups in total. The highest BCUT2D eigenvalue weighted by molar-refractivity contribution is 7.89. The topological polar surface area (TPSA) is 81.1 Å². The minimum Gasteiger partial charge on any atom is -0.268 e. The monoisotopic (exact) mass is 511 g/mol. The van der Waals surface area contributed by atoms with E-state index in [-0.39, 0.29) is 16.9 Å². The Kier molecular flexibility index (Phi) is 5.86. The number of amides is 1. The maximum absolute atomic E-state index is 15.0. The van der Waals surface area contributed by atoms with Gasteiger partial charge in [-0.2, -0.15) is 18.3 Å². The van der Waals surface area contributed by atoms with Crippen LogP contribution in [0.2, 0.25) is 5.02 Å². The van der Waals surface area contributed by atoms with Gasteiger partial charge in [0.2, 0.25) is 10.0 Å². The number of halogens is 5. The van der Waals surface area contributed by atoms with E-state index in [9.17, 15) is 30.8 Å². The Morgan fingerprint density at radius 1 is 1.03 bits per heavy atom. The van der Waals surface area contributed by atoms with Crippen molar-refractivity contribution in [2.75, 3.05) is 6.26 Å². The molecule has 0 radical (unpaired) electrons. The number of nitrogens with one attached hydrogen (secondary N) is 1. The lowest BCUT2D eigenvalue weighted by Gasteiger charge is -2.08. The Morgan fingerprint density at radius 2 is 1.71 bits per heavy atom. The fourth-order valence-electron chi connectivity index (χ4n) is 3.35. The zero-order chi connectivity index (χ0) is 24.8. The molecule has 6 nitrogen and oxygen atoms in total. The highest BCUT2D eigenvalue weighted by atomic mass is 35.5. The summed E-state index contributed by atoms with van der Waals surface area (Å²) < 4.78 is 79.3. The first-order valence-electron chi connectivity index (χ1n) is 9.51. The summed E-state index contributed by atoms with van der Waals surface area (Å²) in [6.07, 6.45) is -3.71. The van der Waals surface area contributed by atoms with Crippen LogP contribution in [0, 0.1) is 5.82 Å². The number of fused-ring (bicyclic) bond motifs is 1. The van der Waals surface area contributed by atoms with Gasteiger partial charge in [-0.3, -0.25) is 4.79 Å². The summed E-state index contributed by atoms with van der Waals surface area (Å²) in [4.78, 5) is 12.0. The number of nitrogens with zero attached hydrogens (tertiary/aromatic N) is 2. The highest BCUT2D eigenvalue weighted by Crippen LogP contribution is 2.35. The minimum absolute atomic E-state index is 0.0682. The molecule has 3 aromatic carbocycles. The van der Waals surface area contributed by atoms with Crippen molar-refractivity contribution in [3.63, 3.8) is 0 Å². The molecular formula is C22H14ClF4N3O3S. The van der Waals surface area contributed by atoms with Crippen LogP contribution in [0.4, 0.5) is 17.6 Å². The van der Waals surface area contributed by atoms with Gasteiger partial charge in [-0.05, 0) is 48.5 Å². The van der Waals surface area contributed by atoms with Crippen LogP contribution in [0.25, 0.3) is 27.8 Å². The normalized spacial score (nSPS) is 12.2. The lowest BCUT2D eigenvalue weighted by Crippen LogP contribution is -2.29. The van der Waals surface area contributed by atoms with E-state index in [2.05, 4.69) is 5.10 Å². The maximum atomic E-state index is 15.0. The first-order valence-corrected chi connectivity index (χ1v) is 11.8. The van der Waals surface area contributed by atoms with Gasteiger partial charge in [0.1, 0.15) is 17.2 Å². The van der Waals surface area contributed by atoms with E-state index in [0.29, 0.717) is 21.5 Å². The third-order valence-corrected chi connectivity index (χ3v) is 5.64. The largest absolute Gasteiger partial charge is 0.416 e. The average Bonchev–Trinajstić information content (AvgIpc) is 3.10. The van der Waals surface area contributed by atoms with Gasteiger partial charge in [-0.25, -0.2) is 22.2 Å². The van der Waals surface area contributed by atoms with Crippen LogP contribution >= 0.6 is 11.6 Å². The van der Waals surface area contributed by atoms with E-state index in [1.165, 1.54) is 28.9 Å². The number of sulfonamides is 1. The van der Waals surface area contributed by atoms with Gasteiger partial charge < -0.3 is 0 Å². The third-order valence-electron chi connectivity index (χ3n) is 4.84. The van der Waals surface area contributed by atoms with Gasteiger partial charge in [0.15, 0.2) is 0 Å². The molecule has 176 valence electrons. The molecular weight excluding hydrogens is 498 g/mol. The molecule has 1 aromatic heterocycles. The first-order chi connectivity index (χ1) is 15.8. The molecule has 34 heavy (non-hydrogen) atoms. The van der Waals surface area contributed by atoms with E-state index >= 15 is 0 Å². The van der Waals surface area contributed by atoms with Crippen molar-refractivity contribution in [2.45, 2.75) is 6.18 Å². The van der Waals surface area contributed by atoms with Crippen LogP contribution in [-0.2, 0) is 16.2 Å². The van der Waals surface area contributed by atoms with Gasteiger partial charge in [-0.1, -0.05) is 23.7 Å². The van der Waals surface area contributed by atoms with E-state index in [0.717, 1.165) is 24.5 Å². The molecule has 1 heterocycles. The number of rotatable bonds is 4. The number of aromatic nitrogens is 2. The van der Waals surface area contributed by atoms with Crippen molar-refractivity contribution in [3.05, 3.63) is 82.6 Å². The summed E-state index contributed by atoms with van der Waals surface area (Å²) in [7, 11) is -3.84. The number of carbonyl (C=O) groups is 1. The summed E-state index contributed by atoms with van der Waals surface area (Å²) in [5.41, 5.74) is -0.0952. The van der Waals surface area contributed by atoms with Crippen molar-refractivity contribution >= 4 is 38.4 Å². The van der Waals surface area contributed by atoms with Crippen molar-refractivity contribution in [1.82, 2.24) is 14.5 Å². The molecule has 4 rings (SSSR count). The molecule has 0 aliphatic carbocycles. The Morgan fingerprint density at radius 3 is 2.29 bits per heavy atom.